The Balaban J connectivity index is 0. The van der Waals surface area contributed by atoms with Gasteiger partial charge in [-0.25, -0.2) is 4.79 Å². The van der Waals surface area contributed by atoms with E-state index in [0.717, 1.165) is 0 Å². The van der Waals surface area contributed by atoms with Gasteiger partial charge in [0.05, 0.1) is 45.2 Å². The minimum absolute atomic E-state index is 0.0694. The van der Waals surface area contributed by atoms with Crippen LogP contribution in [0.3, 0.4) is 0 Å². The van der Waals surface area contributed by atoms with Crippen molar-refractivity contribution in [3.05, 3.63) is 11.1 Å². The van der Waals surface area contributed by atoms with Gasteiger partial charge in [0.25, 0.3) is 0 Å². The van der Waals surface area contributed by atoms with Crippen LogP contribution in [0.2, 0.25) is 0 Å². The van der Waals surface area contributed by atoms with Crippen LogP contribution in [0.25, 0.3) is 0 Å². The van der Waals surface area contributed by atoms with Crippen LogP contribution in [0.1, 0.15) is 13.3 Å². The summed E-state index contributed by atoms with van der Waals surface area (Å²) in [5, 5.41) is 59.8. The van der Waals surface area contributed by atoms with Gasteiger partial charge < -0.3 is 35.7 Å². The predicted octanol–water partition coefficient (Wildman–Crippen LogP) is -2.30. The first-order valence-electron chi connectivity index (χ1n) is 6.01. The number of aliphatic carboxylic acids is 1. The van der Waals surface area contributed by atoms with E-state index < -0.39 is 31.2 Å². The Bertz CT molecular complexity index is 272. The Morgan fingerprint density at radius 1 is 0.850 bits per heavy atom. The molecule has 0 aliphatic rings. The molecule has 20 heavy (non-hydrogen) atoms. The van der Waals surface area contributed by atoms with Gasteiger partial charge in [-0.3, -0.25) is 0 Å². The van der Waals surface area contributed by atoms with E-state index >= 15 is 0 Å². The van der Waals surface area contributed by atoms with Gasteiger partial charge in [-0.15, -0.1) is 0 Å². The lowest BCUT2D eigenvalue weighted by molar-refractivity contribution is -0.133. The van der Waals surface area contributed by atoms with Crippen molar-refractivity contribution in [2.24, 2.45) is 5.41 Å². The van der Waals surface area contributed by atoms with E-state index in [1.807, 2.05) is 6.92 Å². The van der Waals surface area contributed by atoms with E-state index in [1.54, 1.807) is 0 Å². The smallest absolute Gasteiger partial charge is 0.334 e. The Hall–Kier alpha value is -1.03. The summed E-state index contributed by atoms with van der Waals surface area (Å²) in [4.78, 5) is 10.2. The van der Waals surface area contributed by atoms with E-state index in [9.17, 15) is 4.79 Å². The summed E-state index contributed by atoms with van der Waals surface area (Å²) in [6, 6.07) is 0. The van der Waals surface area contributed by atoms with E-state index in [0.29, 0.717) is 6.42 Å². The fraction of sp³-hybridized carbons (Fsp3) is 0.750. The van der Waals surface area contributed by atoms with Crippen LogP contribution in [0.5, 0.6) is 0 Å². The molecular formula is C12H24O8. The SMILES string of the molecule is CCC(CO)(CO)CO.O=C(O)C(CO)=C(CO)CO. The number of hydrogen-bond acceptors (Lipinski definition) is 7. The maximum Gasteiger partial charge on any atom is 0.334 e. The highest BCUT2D eigenvalue weighted by Gasteiger charge is 2.24. The average Bonchev–Trinajstić information content (AvgIpc) is 2.48. The highest BCUT2D eigenvalue weighted by Crippen LogP contribution is 2.18. The predicted molar refractivity (Wildman–Crippen MR) is 69.9 cm³/mol. The van der Waals surface area contributed by atoms with E-state index in [1.165, 1.54) is 0 Å². The molecule has 8 heteroatoms. The second-order valence-corrected chi connectivity index (χ2v) is 4.19. The van der Waals surface area contributed by atoms with Crippen LogP contribution in [0.15, 0.2) is 11.1 Å². The first-order chi connectivity index (χ1) is 9.41. The molecular weight excluding hydrogens is 272 g/mol. The van der Waals surface area contributed by atoms with Crippen molar-refractivity contribution >= 4 is 5.97 Å². The Kier molecular flexibility index (Phi) is 12.5. The van der Waals surface area contributed by atoms with Crippen molar-refractivity contribution in [3.63, 3.8) is 0 Å². The van der Waals surface area contributed by atoms with Crippen LogP contribution < -0.4 is 0 Å². The lowest BCUT2D eigenvalue weighted by Crippen LogP contribution is -2.32. The molecule has 8 nitrogen and oxygen atoms in total. The van der Waals surface area contributed by atoms with Gasteiger partial charge >= 0.3 is 5.97 Å². The molecule has 0 rings (SSSR count). The largest absolute Gasteiger partial charge is 0.478 e. The molecule has 0 amide bonds. The first-order valence-corrected chi connectivity index (χ1v) is 6.01. The van der Waals surface area contributed by atoms with Crippen LogP contribution in [0.4, 0.5) is 0 Å². The molecule has 0 fully saturated rings. The molecule has 0 heterocycles. The zero-order valence-electron chi connectivity index (χ0n) is 11.5. The molecule has 0 bridgehead atoms. The van der Waals surface area contributed by atoms with Crippen molar-refractivity contribution in [1.29, 1.82) is 0 Å². The Labute approximate surface area is 117 Å². The van der Waals surface area contributed by atoms with Crippen molar-refractivity contribution < 1.29 is 40.5 Å². The Morgan fingerprint density at radius 3 is 1.30 bits per heavy atom. The molecule has 0 spiro atoms. The van der Waals surface area contributed by atoms with Gasteiger partial charge in [-0.2, -0.15) is 0 Å². The number of aliphatic hydroxyl groups is 6. The van der Waals surface area contributed by atoms with Gasteiger partial charge in [-0.05, 0) is 12.0 Å². The molecule has 0 radical (unpaired) electrons. The summed E-state index contributed by atoms with van der Waals surface area (Å²) >= 11 is 0. The minimum Gasteiger partial charge on any atom is -0.478 e. The van der Waals surface area contributed by atoms with Crippen molar-refractivity contribution in [2.75, 3.05) is 39.6 Å². The lowest BCUT2D eigenvalue weighted by atomic mass is 9.88. The molecule has 0 unspecified atom stereocenters. The zero-order valence-corrected chi connectivity index (χ0v) is 11.5. The van der Waals surface area contributed by atoms with E-state index in [2.05, 4.69) is 0 Å². The summed E-state index contributed by atoms with van der Waals surface area (Å²) in [5.74, 6) is -1.33. The molecule has 0 aromatic carbocycles. The molecule has 7 N–H and O–H groups in total. The fourth-order valence-electron chi connectivity index (χ4n) is 1.06. The number of carboxylic acids is 1. The molecule has 0 aliphatic carbocycles. The summed E-state index contributed by atoms with van der Waals surface area (Å²) in [6.45, 7) is -0.449. The summed E-state index contributed by atoms with van der Waals surface area (Å²) in [6.07, 6.45) is 0.594. The van der Waals surface area contributed by atoms with Crippen LogP contribution >= 0.6 is 0 Å². The normalized spacial score (nSPS) is 10.6. The van der Waals surface area contributed by atoms with Gasteiger partial charge in [0, 0.05) is 5.41 Å². The van der Waals surface area contributed by atoms with Gasteiger partial charge in [0.1, 0.15) is 0 Å². The summed E-state index contributed by atoms with van der Waals surface area (Å²) in [7, 11) is 0. The number of hydrogen-bond donors (Lipinski definition) is 7. The number of carboxylic acid groups (broad SMARTS) is 1. The molecule has 0 aromatic rings. The molecule has 0 saturated heterocycles. The van der Waals surface area contributed by atoms with E-state index in [-0.39, 0.29) is 31.0 Å². The Morgan fingerprint density at radius 2 is 1.25 bits per heavy atom. The first kappa shape index (κ1) is 21.3. The van der Waals surface area contributed by atoms with Crippen molar-refractivity contribution in [3.8, 4) is 0 Å². The number of carbonyl (C=O) groups is 1. The molecule has 0 aromatic heterocycles. The highest BCUT2D eigenvalue weighted by molar-refractivity contribution is 5.87. The molecule has 120 valence electrons. The third kappa shape index (κ3) is 6.94. The number of aliphatic hydroxyl groups excluding tert-OH is 6. The lowest BCUT2D eigenvalue weighted by Gasteiger charge is -2.24. The maximum atomic E-state index is 10.2. The maximum absolute atomic E-state index is 10.2. The van der Waals surface area contributed by atoms with E-state index in [4.69, 9.17) is 35.7 Å². The van der Waals surface area contributed by atoms with Crippen LogP contribution in [-0.2, 0) is 4.79 Å². The third-order valence-corrected chi connectivity index (χ3v) is 2.98. The molecule has 0 saturated carbocycles. The second-order valence-electron chi connectivity index (χ2n) is 4.19. The van der Waals surface area contributed by atoms with Gasteiger partial charge in [0.15, 0.2) is 0 Å². The second kappa shape index (κ2) is 11.8. The minimum atomic E-state index is -1.33. The summed E-state index contributed by atoms with van der Waals surface area (Å²) < 4.78 is 0. The quantitative estimate of drug-likeness (QED) is 0.246. The van der Waals surface area contributed by atoms with Gasteiger partial charge in [-0.1, -0.05) is 6.92 Å². The van der Waals surface area contributed by atoms with Gasteiger partial charge in [0.2, 0.25) is 0 Å². The highest BCUT2D eigenvalue weighted by atomic mass is 16.4. The zero-order chi connectivity index (χ0) is 16.2. The monoisotopic (exact) mass is 296 g/mol. The van der Waals surface area contributed by atoms with Crippen LogP contribution in [0, 0.1) is 5.41 Å². The third-order valence-electron chi connectivity index (χ3n) is 2.98. The average molecular weight is 296 g/mol. The molecule has 0 aliphatic heterocycles. The van der Waals surface area contributed by atoms with Crippen molar-refractivity contribution in [2.45, 2.75) is 13.3 Å². The standard InChI is InChI=1S/C6H10O5.C6H14O3/c7-1-4(2-8)5(3-9)6(10)11;1-2-6(3-7,4-8)5-9/h7-9H,1-3H2,(H,10,11);7-9H,2-5H2,1H3. The fourth-order valence-corrected chi connectivity index (χ4v) is 1.06. The molecule has 0 atom stereocenters. The topological polar surface area (TPSA) is 159 Å². The summed E-state index contributed by atoms with van der Waals surface area (Å²) in [5.41, 5.74) is -1.09. The number of rotatable bonds is 8. The van der Waals surface area contributed by atoms with Crippen molar-refractivity contribution in [1.82, 2.24) is 0 Å². The van der Waals surface area contributed by atoms with Crippen LogP contribution in [-0.4, -0.2) is 81.4 Å².